The van der Waals surface area contributed by atoms with E-state index >= 15 is 0 Å². The van der Waals surface area contributed by atoms with Crippen molar-refractivity contribution in [3.8, 4) is 0 Å². The maximum atomic E-state index is 5.42. The van der Waals surface area contributed by atoms with Crippen LogP contribution in [0.15, 0.2) is 0 Å². The Morgan fingerprint density at radius 1 is 1.30 bits per heavy atom. The molecule has 3 nitrogen and oxygen atoms in total. The number of ether oxygens (including phenoxy) is 2. The van der Waals surface area contributed by atoms with Crippen LogP contribution >= 0.6 is 11.1 Å². The molecule has 0 spiro atoms. The fraction of sp³-hybridized carbons (Fsp3) is 1.00. The van der Waals surface area contributed by atoms with Gasteiger partial charge in [-0.1, -0.05) is 0 Å². The minimum atomic E-state index is -0.952. The fourth-order valence-corrected chi connectivity index (χ4v) is 1.07. The molecule has 0 aliphatic rings. The van der Waals surface area contributed by atoms with Crippen molar-refractivity contribution in [2.45, 2.75) is 20.3 Å². The van der Waals surface area contributed by atoms with Crippen LogP contribution in [0.5, 0.6) is 0 Å². The summed E-state index contributed by atoms with van der Waals surface area (Å²) in [7, 11) is -0.952. The van der Waals surface area contributed by atoms with E-state index in [-0.39, 0.29) is 0 Å². The fourth-order valence-electron chi connectivity index (χ4n) is 0.468. The van der Waals surface area contributed by atoms with Crippen LogP contribution in [0.1, 0.15) is 13.8 Å². The van der Waals surface area contributed by atoms with Crippen molar-refractivity contribution >= 4 is 20.2 Å². The van der Waals surface area contributed by atoms with Crippen LogP contribution in [0.2, 0.25) is 0 Å². The monoisotopic (exact) mass is 184 g/mol. The molecule has 0 heterocycles. The molecule has 0 bridgehead atoms. The molecule has 0 aromatic rings. The van der Waals surface area contributed by atoms with E-state index in [0.717, 1.165) is 0 Å². The van der Waals surface area contributed by atoms with E-state index in [4.69, 9.17) is 25.0 Å². The van der Waals surface area contributed by atoms with E-state index in [2.05, 4.69) is 0 Å². The predicted molar refractivity (Wildman–Crippen MR) is 42.5 cm³/mol. The van der Waals surface area contributed by atoms with Crippen molar-refractivity contribution in [2.75, 3.05) is 13.2 Å². The first kappa shape index (κ1) is 10.4. The van der Waals surface area contributed by atoms with Gasteiger partial charge < -0.3 is 13.9 Å². The first-order chi connectivity index (χ1) is 4.85. The molecule has 5 heteroatoms. The molecular formula is C5H13ClO3Si. The Labute approximate surface area is 68.2 Å². The highest BCUT2D eigenvalue weighted by Gasteiger charge is 2.05. The molecular weight excluding hydrogens is 172 g/mol. The average molecular weight is 185 g/mol. The van der Waals surface area contributed by atoms with E-state index in [0.29, 0.717) is 13.2 Å². The van der Waals surface area contributed by atoms with Crippen molar-refractivity contribution in [1.29, 1.82) is 0 Å². The topological polar surface area (TPSA) is 27.7 Å². The van der Waals surface area contributed by atoms with Gasteiger partial charge >= 0.3 is 0 Å². The summed E-state index contributed by atoms with van der Waals surface area (Å²) in [5.41, 5.74) is 0. The first-order valence-electron chi connectivity index (χ1n) is 3.25. The number of rotatable bonds is 6. The summed E-state index contributed by atoms with van der Waals surface area (Å²) in [6, 6.07) is 0. The molecule has 0 aromatic carbocycles. The normalized spacial score (nSPS) is 12.0. The number of hydrogen-bond donors (Lipinski definition) is 0. The van der Waals surface area contributed by atoms with Crippen LogP contribution in [0.3, 0.4) is 0 Å². The second kappa shape index (κ2) is 7.49. The standard InChI is InChI=1S/C5H13ClO3Si/c1-3-7-5(8-4-2)9-10-6/h5H,3-4,10H2,1-2H3. The van der Waals surface area contributed by atoms with Crippen molar-refractivity contribution in [1.82, 2.24) is 0 Å². The zero-order chi connectivity index (χ0) is 7.82. The Kier molecular flexibility index (Phi) is 7.78. The van der Waals surface area contributed by atoms with Gasteiger partial charge in [-0.25, -0.2) is 0 Å². The summed E-state index contributed by atoms with van der Waals surface area (Å²) >= 11 is 5.42. The van der Waals surface area contributed by atoms with Crippen LogP contribution in [0.25, 0.3) is 0 Å². The summed E-state index contributed by atoms with van der Waals surface area (Å²) in [4.78, 5) is 0. The molecule has 0 aliphatic heterocycles. The van der Waals surface area contributed by atoms with Gasteiger partial charge in [-0.3, -0.25) is 0 Å². The van der Waals surface area contributed by atoms with Gasteiger partial charge in [-0.2, -0.15) is 0 Å². The van der Waals surface area contributed by atoms with Gasteiger partial charge in [0.25, 0.3) is 15.5 Å². The van der Waals surface area contributed by atoms with Gasteiger partial charge in [-0.15, -0.1) is 11.1 Å². The van der Waals surface area contributed by atoms with Gasteiger partial charge in [0.15, 0.2) is 0 Å². The minimum absolute atomic E-state index is 0.542. The summed E-state index contributed by atoms with van der Waals surface area (Å²) < 4.78 is 15.0. The van der Waals surface area contributed by atoms with Crippen molar-refractivity contribution in [2.24, 2.45) is 0 Å². The summed E-state index contributed by atoms with van der Waals surface area (Å²) in [5, 5.41) is 0. The largest absolute Gasteiger partial charge is 0.362 e. The summed E-state index contributed by atoms with van der Waals surface area (Å²) in [5.74, 6) is 0. The second-order valence-corrected chi connectivity index (χ2v) is 2.68. The van der Waals surface area contributed by atoms with E-state index in [1.807, 2.05) is 13.8 Å². The molecule has 0 radical (unpaired) electrons. The lowest BCUT2D eigenvalue weighted by atomic mass is 10.8. The van der Waals surface area contributed by atoms with Gasteiger partial charge in [0.2, 0.25) is 0 Å². The smallest absolute Gasteiger partial charge is 0.264 e. The molecule has 0 saturated heterocycles. The van der Waals surface area contributed by atoms with Gasteiger partial charge in [-0.05, 0) is 13.8 Å². The third kappa shape index (κ3) is 5.19. The molecule has 0 fully saturated rings. The highest BCUT2D eigenvalue weighted by atomic mass is 35.6. The summed E-state index contributed by atoms with van der Waals surface area (Å²) in [6.07, 6.45) is 0. The third-order valence-corrected chi connectivity index (χ3v) is 1.58. The van der Waals surface area contributed by atoms with Crippen LogP contribution in [-0.2, 0) is 13.9 Å². The van der Waals surface area contributed by atoms with Crippen LogP contribution in [-0.4, -0.2) is 28.8 Å². The SMILES string of the molecule is CCOC(OCC)O[SiH2]Cl. The first-order valence-corrected chi connectivity index (χ1v) is 5.97. The molecule has 0 aromatic heterocycles. The minimum Gasteiger partial charge on any atom is -0.362 e. The lowest BCUT2D eigenvalue weighted by molar-refractivity contribution is -0.242. The third-order valence-electron chi connectivity index (χ3n) is 0.805. The van der Waals surface area contributed by atoms with Crippen molar-refractivity contribution < 1.29 is 13.9 Å². The molecule has 0 N–H and O–H groups in total. The molecule has 10 heavy (non-hydrogen) atoms. The Morgan fingerprint density at radius 3 is 2.10 bits per heavy atom. The zero-order valence-electron chi connectivity index (χ0n) is 6.30. The molecule has 0 unspecified atom stereocenters. The Balaban J connectivity index is 3.30. The molecule has 0 rings (SSSR count). The molecule has 0 amide bonds. The number of halogens is 1. The highest BCUT2D eigenvalue weighted by Crippen LogP contribution is 1.96. The van der Waals surface area contributed by atoms with Gasteiger partial charge in [0.05, 0.1) is 0 Å². The van der Waals surface area contributed by atoms with E-state index < -0.39 is 15.5 Å². The average Bonchev–Trinajstić information content (AvgIpc) is 1.90. The van der Waals surface area contributed by atoms with Crippen molar-refractivity contribution in [3.05, 3.63) is 0 Å². The van der Waals surface area contributed by atoms with Crippen molar-refractivity contribution in [3.63, 3.8) is 0 Å². The predicted octanol–water partition coefficient (Wildman–Crippen LogP) is 0.597. The molecule has 0 aliphatic carbocycles. The summed E-state index contributed by atoms with van der Waals surface area (Å²) in [6.45, 7) is 4.38. The van der Waals surface area contributed by atoms with E-state index in [1.165, 1.54) is 0 Å². The lowest BCUT2D eigenvalue weighted by Crippen LogP contribution is -2.21. The Hall–Kier alpha value is 0.387. The molecule has 62 valence electrons. The maximum Gasteiger partial charge on any atom is 0.264 e. The molecule has 0 saturated carbocycles. The van der Waals surface area contributed by atoms with Crippen LogP contribution in [0, 0.1) is 0 Å². The number of hydrogen-bond acceptors (Lipinski definition) is 3. The molecule has 0 atom stereocenters. The zero-order valence-corrected chi connectivity index (χ0v) is 8.47. The maximum absolute atomic E-state index is 5.42. The quantitative estimate of drug-likeness (QED) is 0.344. The van der Waals surface area contributed by atoms with Crippen LogP contribution < -0.4 is 0 Å². The van der Waals surface area contributed by atoms with Crippen LogP contribution in [0.4, 0.5) is 0 Å². The Morgan fingerprint density at radius 2 is 1.80 bits per heavy atom. The highest BCUT2D eigenvalue weighted by molar-refractivity contribution is 6.89. The van der Waals surface area contributed by atoms with Gasteiger partial charge in [0, 0.05) is 13.2 Å². The Bertz CT molecular complexity index is 59.6. The van der Waals surface area contributed by atoms with E-state index in [1.54, 1.807) is 0 Å². The lowest BCUT2D eigenvalue weighted by Gasteiger charge is -2.15. The second-order valence-electron chi connectivity index (χ2n) is 1.48. The van der Waals surface area contributed by atoms with Gasteiger partial charge in [0.1, 0.15) is 0 Å². The van der Waals surface area contributed by atoms with E-state index in [9.17, 15) is 0 Å².